The van der Waals surface area contributed by atoms with E-state index in [0.717, 1.165) is 45.0 Å². The molecule has 1 aliphatic heterocycles. The van der Waals surface area contributed by atoms with Gasteiger partial charge in [-0.1, -0.05) is 6.92 Å². The predicted octanol–water partition coefficient (Wildman–Crippen LogP) is 0.789. The monoisotopic (exact) mass is 396 g/mol. The maximum Gasteiger partial charge on any atom is 0.242 e. The molecule has 0 amide bonds. The first-order valence-electron chi connectivity index (χ1n) is 9.72. The van der Waals surface area contributed by atoms with Crippen LogP contribution in [0.15, 0.2) is 34.4 Å². The van der Waals surface area contributed by atoms with Crippen LogP contribution >= 0.6 is 0 Å². The van der Waals surface area contributed by atoms with Gasteiger partial charge >= 0.3 is 0 Å². The van der Waals surface area contributed by atoms with Crippen LogP contribution in [0.3, 0.4) is 0 Å². The predicted molar refractivity (Wildman–Crippen MR) is 108 cm³/mol. The number of hydrogen-bond donors (Lipinski definition) is 3. The van der Waals surface area contributed by atoms with Gasteiger partial charge in [0.15, 0.2) is 5.96 Å². The second-order valence-electron chi connectivity index (χ2n) is 6.61. The maximum atomic E-state index is 12.2. The summed E-state index contributed by atoms with van der Waals surface area (Å²) in [4.78, 5) is 11.0. The van der Waals surface area contributed by atoms with E-state index in [1.54, 1.807) is 12.3 Å². The molecular formula is C18H32N6O2S. The van der Waals surface area contributed by atoms with Crippen molar-refractivity contribution >= 4 is 16.0 Å². The molecule has 1 aromatic heterocycles. The lowest BCUT2D eigenvalue weighted by atomic mass is 10.1. The summed E-state index contributed by atoms with van der Waals surface area (Å²) in [5.41, 5.74) is 0. The molecule has 0 radical (unpaired) electrons. The Balaban J connectivity index is 1.80. The number of piperidine rings is 1. The van der Waals surface area contributed by atoms with Crippen LogP contribution in [0, 0.1) is 0 Å². The van der Waals surface area contributed by atoms with Gasteiger partial charge in [0.2, 0.25) is 10.0 Å². The zero-order chi connectivity index (χ0) is 19.5. The van der Waals surface area contributed by atoms with E-state index in [9.17, 15) is 8.42 Å². The van der Waals surface area contributed by atoms with Crippen LogP contribution < -0.4 is 15.4 Å². The van der Waals surface area contributed by atoms with Gasteiger partial charge in [-0.05, 0) is 44.9 Å². The molecule has 1 aliphatic rings. The maximum absolute atomic E-state index is 12.2. The fraction of sp³-hybridized carbons (Fsp3) is 0.667. The molecule has 1 saturated heterocycles. The Morgan fingerprint density at radius 3 is 2.74 bits per heavy atom. The van der Waals surface area contributed by atoms with Crippen molar-refractivity contribution in [3.05, 3.63) is 24.5 Å². The standard InChI is InChI=1S/C18H32N6O2S/c1-3-12-24-13-7-16(8-14-24)23-18(20-4-2)21-10-11-22-27(25,26)17-6-5-9-19-15-17/h5-6,9,15-16,22H,3-4,7-8,10-14H2,1-2H3,(H2,20,21,23). The molecule has 0 saturated carbocycles. The van der Waals surface area contributed by atoms with Crippen molar-refractivity contribution in [2.45, 2.75) is 44.0 Å². The topological polar surface area (TPSA) is 98.7 Å². The van der Waals surface area contributed by atoms with Gasteiger partial charge in [0.1, 0.15) is 4.90 Å². The molecule has 1 fully saturated rings. The number of nitrogens with one attached hydrogen (secondary N) is 3. The summed E-state index contributed by atoms with van der Waals surface area (Å²) in [6, 6.07) is 3.53. The Kier molecular flexibility index (Phi) is 8.96. The first kappa shape index (κ1) is 21.6. The summed E-state index contributed by atoms with van der Waals surface area (Å²) in [5.74, 6) is 0.743. The summed E-state index contributed by atoms with van der Waals surface area (Å²) in [6.45, 7) is 8.98. The largest absolute Gasteiger partial charge is 0.357 e. The molecule has 3 N–H and O–H groups in total. The second-order valence-corrected chi connectivity index (χ2v) is 8.37. The van der Waals surface area contributed by atoms with Crippen molar-refractivity contribution in [3.63, 3.8) is 0 Å². The van der Waals surface area contributed by atoms with E-state index < -0.39 is 10.0 Å². The number of guanidine groups is 1. The number of hydrogen-bond acceptors (Lipinski definition) is 5. The molecule has 0 unspecified atom stereocenters. The van der Waals surface area contributed by atoms with Gasteiger partial charge in [0.05, 0.1) is 6.54 Å². The Hall–Kier alpha value is -1.71. The fourth-order valence-electron chi connectivity index (χ4n) is 3.07. The number of aromatic nitrogens is 1. The Morgan fingerprint density at radius 1 is 1.33 bits per heavy atom. The van der Waals surface area contributed by atoms with Crippen molar-refractivity contribution in [2.24, 2.45) is 4.99 Å². The molecule has 0 bridgehead atoms. The summed E-state index contributed by atoms with van der Waals surface area (Å²) >= 11 is 0. The fourth-order valence-corrected chi connectivity index (χ4v) is 4.05. The quantitative estimate of drug-likeness (QED) is 0.324. The van der Waals surface area contributed by atoms with Crippen molar-refractivity contribution in [3.8, 4) is 0 Å². The molecular weight excluding hydrogens is 364 g/mol. The molecule has 1 aromatic rings. The average Bonchev–Trinajstić information content (AvgIpc) is 2.68. The Bertz CT molecular complexity index is 672. The van der Waals surface area contributed by atoms with Gasteiger partial charge in [-0.25, -0.2) is 13.1 Å². The van der Waals surface area contributed by atoms with Gasteiger partial charge in [0.25, 0.3) is 0 Å². The van der Waals surface area contributed by atoms with Crippen LogP contribution in [-0.2, 0) is 10.0 Å². The minimum atomic E-state index is -3.54. The number of nitrogens with zero attached hydrogens (tertiary/aromatic N) is 3. The molecule has 0 atom stereocenters. The van der Waals surface area contributed by atoms with Gasteiger partial charge < -0.3 is 15.5 Å². The van der Waals surface area contributed by atoms with Crippen LogP contribution in [0.4, 0.5) is 0 Å². The summed E-state index contributed by atoms with van der Waals surface area (Å²) in [7, 11) is -3.54. The highest BCUT2D eigenvalue weighted by Crippen LogP contribution is 2.10. The van der Waals surface area contributed by atoms with E-state index in [4.69, 9.17) is 0 Å². The minimum absolute atomic E-state index is 0.165. The highest BCUT2D eigenvalue weighted by Gasteiger charge is 2.19. The van der Waals surface area contributed by atoms with Gasteiger partial charge in [-0.2, -0.15) is 0 Å². The molecule has 8 nitrogen and oxygen atoms in total. The molecule has 152 valence electrons. The smallest absolute Gasteiger partial charge is 0.242 e. The van der Waals surface area contributed by atoms with Gasteiger partial charge in [-0.15, -0.1) is 0 Å². The third-order valence-corrected chi connectivity index (χ3v) is 5.88. The van der Waals surface area contributed by atoms with Gasteiger partial charge in [-0.3, -0.25) is 9.98 Å². The lowest BCUT2D eigenvalue weighted by molar-refractivity contribution is 0.206. The van der Waals surface area contributed by atoms with E-state index >= 15 is 0 Å². The van der Waals surface area contributed by atoms with Crippen molar-refractivity contribution in [2.75, 3.05) is 39.3 Å². The van der Waals surface area contributed by atoms with Crippen LogP contribution in [0.1, 0.15) is 33.1 Å². The second kappa shape index (κ2) is 11.2. The molecule has 2 rings (SSSR count). The van der Waals surface area contributed by atoms with E-state index in [1.165, 1.54) is 18.7 Å². The highest BCUT2D eigenvalue weighted by atomic mass is 32.2. The number of aliphatic imine (C=N–C) groups is 1. The lowest BCUT2D eigenvalue weighted by Crippen LogP contribution is -2.49. The molecule has 0 aliphatic carbocycles. The number of pyridine rings is 1. The van der Waals surface area contributed by atoms with E-state index in [1.807, 2.05) is 6.92 Å². The van der Waals surface area contributed by atoms with Crippen molar-refractivity contribution < 1.29 is 8.42 Å². The average molecular weight is 397 g/mol. The summed E-state index contributed by atoms with van der Waals surface area (Å²) in [6.07, 6.45) is 6.26. The van der Waals surface area contributed by atoms with Crippen molar-refractivity contribution in [1.82, 2.24) is 25.2 Å². The lowest BCUT2D eigenvalue weighted by Gasteiger charge is -2.32. The van der Waals surface area contributed by atoms with Crippen LogP contribution in [0.5, 0.6) is 0 Å². The molecule has 9 heteroatoms. The number of likely N-dealkylation sites (tertiary alicyclic amines) is 1. The third-order valence-electron chi connectivity index (χ3n) is 4.43. The van der Waals surface area contributed by atoms with Crippen molar-refractivity contribution in [1.29, 1.82) is 0 Å². The van der Waals surface area contributed by atoms with E-state index in [2.05, 4.69) is 37.2 Å². The number of rotatable bonds is 9. The Morgan fingerprint density at radius 2 is 2.11 bits per heavy atom. The first-order valence-corrected chi connectivity index (χ1v) is 11.2. The van der Waals surface area contributed by atoms with Crippen LogP contribution in [0.25, 0.3) is 0 Å². The summed E-state index contributed by atoms with van der Waals surface area (Å²) < 4.78 is 26.9. The SMILES string of the molecule is CCCN1CCC(NC(=NCCNS(=O)(=O)c2cccnc2)NCC)CC1. The van der Waals surface area contributed by atoms with Gasteiger partial charge in [0, 0.05) is 44.6 Å². The highest BCUT2D eigenvalue weighted by molar-refractivity contribution is 7.89. The molecule has 2 heterocycles. The number of sulfonamides is 1. The minimum Gasteiger partial charge on any atom is -0.357 e. The zero-order valence-corrected chi connectivity index (χ0v) is 17.1. The van der Waals surface area contributed by atoms with Crippen LogP contribution in [-0.4, -0.2) is 69.6 Å². The third kappa shape index (κ3) is 7.43. The molecule has 0 spiro atoms. The van der Waals surface area contributed by atoms with E-state index in [-0.39, 0.29) is 11.4 Å². The van der Waals surface area contributed by atoms with Crippen LogP contribution in [0.2, 0.25) is 0 Å². The Labute approximate surface area is 162 Å². The summed E-state index contributed by atoms with van der Waals surface area (Å²) in [5, 5.41) is 6.71. The first-order chi connectivity index (χ1) is 13.0. The zero-order valence-electron chi connectivity index (χ0n) is 16.3. The van der Waals surface area contributed by atoms with E-state index in [0.29, 0.717) is 12.6 Å². The molecule has 0 aromatic carbocycles. The normalized spacial score (nSPS) is 17.0. The molecule has 27 heavy (non-hydrogen) atoms.